The Kier molecular flexibility index (Phi) is 7.89. The van der Waals surface area contributed by atoms with Crippen molar-refractivity contribution in [2.24, 2.45) is 0 Å². The zero-order valence-electron chi connectivity index (χ0n) is 7.73. The minimum atomic E-state index is -0.109. The zero-order valence-corrected chi connectivity index (χ0v) is 9.89. The number of alkyl halides is 1. The van der Waals surface area contributed by atoms with Crippen LogP contribution < -0.4 is 4.90 Å². The first-order chi connectivity index (χ1) is 5.74. The van der Waals surface area contributed by atoms with E-state index < -0.39 is 0 Å². The number of esters is 1. The molecule has 0 aliphatic carbocycles. The van der Waals surface area contributed by atoms with Crippen molar-refractivity contribution >= 4 is 28.6 Å². The van der Waals surface area contributed by atoms with Crippen molar-refractivity contribution in [2.75, 3.05) is 30.7 Å². The van der Waals surface area contributed by atoms with E-state index >= 15 is 0 Å². The first kappa shape index (κ1) is 12.2. The van der Waals surface area contributed by atoms with Crippen LogP contribution in [-0.2, 0) is 9.53 Å². The molecular formula is C8H17INO2+. The van der Waals surface area contributed by atoms with Gasteiger partial charge in [-0.05, 0) is 13.8 Å². The third kappa shape index (κ3) is 5.77. The minimum absolute atomic E-state index is 0.109. The molecule has 0 fully saturated rings. The number of nitrogens with one attached hydrogen (secondary N) is 1. The van der Waals surface area contributed by atoms with Crippen LogP contribution in [0.1, 0.15) is 13.8 Å². The first-order valence-electron chi connectivity index (χ1n) is 4.29. The quantitative estimate of drug-likeness (QED) is 0.419. The summed E-state index contributed by atoms with van der Waals surface area (Å²) in [5.74, 6) is -0.109. The van der Waals surface area contributed by atoms with Crippen molar-refractivity contribution < 1.29 is 14.4 Å². The van der Waals surface area contributed by atoms with E-state index in [-0.39, 0.29) is 5.97 Å². The molecule has 0 aromatic heterocycles. The molecule has 0 aromatic rings. The summed E-state index contributed by atoms with van der Waals surface area (Å²) in [6, 6.07) is 0. The van der Waals surface area contributed by atoms with E-state index in [1.807, 2.05) is 22.6 Å². The number of likely N-dealkylation sites (N-methyl/N-ethyl adjacent to an activating group) is 1. The lowest BCUT2D eigenvalue weighted by Crippen LogP contribution is -3.11. The van der Waals surface area contributed by atoms with Gasteiger partial charge < -0.3 is 9.64 Å². The highest BCUT2D eigenvalue weighted by Gasteiger charge is 2.04. The van der Waals surface area contributed by atoms with Crippen LogP contribution in [-0.4, -0.2) is 36.6 Å². The Bertz CT molecular complexity index is 126. The summed E-state index contributed by atoms with van der Waals surface area (Å²) in [6.07, 6.45) is 0. The maximum atomic E-state index is 10.7. The number of hydrogen-bond acceptors (Lipinski definition) is 2. The summed E-state index contributed by atoms with van der Waals surface area (Å²) in [4.78, 5) is 12.2. The van der Waals surface area contributed by atoms with E-state index in [1.54, 1.807) is 0 Å². The molecule has 1 N–H and O–H groups in total. The van der Waals surface area contributed by atoms with Crippen molar-refractivity contribution in [2.45, 2.75) is 13.8 Å². The van der Waals surface area contributed by atoms with Gasteiger partial charge in [-0.2, -0.15) is 0 Å². The first-order valence-corrected chi connectivity index (χ1v) is 5.82. The van der Waals surface area contributed by atoms with Gasteiger partial charge in [-0.25, -0.2) is 0 Å². The van der Waals surface area contributed by atoms with Gasteiger partial charge in [-0.15, -0.1) is 0 Å². The van der Waals surface area contributed by atoms with E-state index in [1.165, 1.54) is 4.90 Å². The molecule has 0 unspecified atom stereocenters. The van der Waals surface area contributed by atoms with Crippen molar-refractivity contribution in [3.8, 4) is 0 Å². The fourth-order valence-corrected chi connectivity index (χ4v) is 1.17. The van der Waals surface area contributed by atoms with Gasteiger partial charge in [0.25, 0.3) is 0 Å². The Labute approximate surface area is 87.6 Å². The van der Waals surface area contributed by atoms with Crippen LogP contribution in [0.4, 0.5) is 0 Å². The second-order valence-electron chi connectivity index (χ2n) is 2.56. The predicted octanol–water partition coefficient (Wildman–Crippen LogP) is -0.111. The highest BCUT2D eigenvalue weighted by Crippen LogP contribution is 1.84. The van der Waals surface area contributed by atoms with E-state index in [2.05, 4.69) is 13.8 Å². The molecule has 4 heteroatoms. The van der Waals surface area contributed by atoms with E-state index in [0.717, 1.165) is 19.6 Å². The number of carbonyl (C=O) groups excluding carboxylic acids is 1. The number of rotatable bonds is 6. The van der Waals surface area contributed by atoms with Gasteiger partial charge in [0, 0.05) is 0 Å². The molecule has 0 aliphatic rings. The second-order valence-corrected chi connectivity index (χ2v) is 3.32. The van der Waals surface area contributed by atoms with Crippen molar-refractivity contribution in [1.82, 2.24) is 0 Å². The highest BCUT2D eigenvalue weighted by atomic mass is 127. The lowest BCUT2D eigenvalue weighted by atomic mass is 10.5. The summed E-state index contributed by atoms with van der Waals surface area (Å²) in [7, 11) is 0. The summed E-state index contributed by atoms with van der Waals surface area (Å²) in [5, 5.41) is 0. The van der Waals surface area contributed by atoms with Gasteiger partial charge in [0.2, 0.25) is 0 Å². The molecule has 0 bridgehead atoms. The number of halogens is 1. The molecular weight excluding hydrogens is 269 g/mol. The Morgan fingerprint density at radius 3 is 2.42 bits per heavy atom. The fraction of sp³-hybridized carbons (Fsp3) is 0.875. The average molecular weight is 286 g/mol. The molecule has 0 atom stereocenters. The van der Waals surface area contributed by atoms with Crippen molar-refractivity contribution in [3.05, 3.63) is 0 Å². The molecule has 0 saturated heterocycles. The van der Waals surface area contributed by atoms with Gasteiger partial charge in [-0.3, -0.25) is 4.79 Å². The number of hydrogen-bond donors (Lipinski definition) is 1. The molecule has 0 amide bonds. The van der Waals surface area contributed by atoms with Gasteiger partial charge in [0.1, 0.15) is 13.2 Å². The molecule has 0 radical (unpaired) electrons. The molecule has 0 spiro atoms. The van der Waals surface area contributed by atoms with Crippen LogP contribution >= 0.6 is 22.6 Å². The monoisotopic (exact) mass is 286 g/mol. The molecule has 0 saturated carbocycles. The van der Waals surface area contributed by atoms with Crippen LogP contribution in [0, 0.1) is 0 Å². The zero-order chi connectivity index (χ0) is 9.40. The minimum Gasteiger partial charge on any atom is -0.459 e. The molecule has 72 valence electrons. The standard InChI is InChI=1S/C8H16INO2/c1-3-10(4-2)5-6-12-8(11)7-9/h3-7H2,1-2H3/p+1. The third-order valence-corrected chi connectivity index (χ3v) is 2.45. The number of carbonyl (C=O) groups is 1. The molecule has 0 aliphatic heterocycles. The number of ether oxygens (including phenoxy) is 1. The van der Waals surface area contributed by atoms with Gasteiger partial charge in [0.15, 0.2) is 0 Å². The molecule has 0 rings (SSSR count). The lowest BCUT2D eigenvalue weighted by molar-refractivity contribution is -0.896. The lowest BCUT2D eigenvalue weighted by Gasteiger charge is -2.14. The molecule has 0 aromatic carbocycles. The maximum Gasteiger partial charge on any atom is 0.315 e. The van der Waals surface area contributed by atoms with Crippen molar-refractivity contribution in [3.63, 3.8) is 0 Å². The summed E-state index contributed by atoms with van der Waals surface area (Å²) in [5.41, 5.74) is 0. The van der Waals surface area contributed by atoms with Gasteiger partial charge >= 0.3 is 5.97 Å². The third-order valence-electron chi connectivity index (χ3n) is 1.83. The second kappa shape index (κ2) is 7.79. The van der Waals surface area contributed by atoms with Crippen LogP contribution in [0.3, 0.4) is 0 Å². The summed E-state index contributed by atoms with van der Waals surface area (Å²) >= 11 is 2.01. The highest BCUT2D eigenvalue weighted by molar-refractivity contribution is 14.1. The Balaban J connectivity index is 3.34. The van der Waals surface area contributed by atoms with Crippen LogP contribution in [0.15, 0.2) is 0 Å². The molecule has 0 heterocycles. The average Bonchev–Trinajstić information content (AvgIpc) is 2.12. The number of quaternary nitrogens is 1. The SMILES string of the molecule is CC[NH+](CC)CCOC(=O)CI. The normalized spacial score (nSPS) is 10.3. The molecule has 3 nitrogen and oxygen atoms in total. The topological polar surface area (TPSA) is 30.7 Å². The predicted molar refractivity (Wildman–Crippen MR) is 56.8 cm³/mol. The van der Waals surface area contributed by atoms with Crippen LogP contribution in [0.2, 0.25) is 0 Å². The van der Waals surface area contributed by atoms with E-state index in [4.69, 9.17) is 4.74 Å². The van der Waals surface area contributed by atoms with Gasteiger partial charge in [0.05, 0.1) is 17.5 Å². The largest absolute Gasteiger partial charge is 0.459 e. The van der Waals surface area contributed by atoms with Crippen molar-refractivity contribution in [1.29, 1.82) is 0 Å². The van der Waals surface area contributed by atoms with Crippen LogP contribution in [0.5, 0.6) is 0 Å². The van der Waals surface area contributed by atoms with E-state index in [9.17, 15) is 4.79 Å². The smallest absolute Gasteiger partial charge is 0.315 e. The van der Waals surface area contributed by atoms with Gasteiger partial charge in [-0.1, -0.05) is 22.6 Å². The van der Waals surface area contributed by atoms with Crippen LogP contribution in [0.25, 0.3) is 0 Å². The molecule has 12 heavy (non-hydrogen) atoms. The Morgan fingerprint density at radius 1 is 1.42 bits per heavy atom. The Hall–Kier alpha value is 0.160. The summed E-state index contributed by atoms with van der Waals surface area (Å²) in [6.45, 7) is 7.95. The fourth-order valence-electron chi connectivity index (χ4n) is 0.951. The Morgan fingerprint density at radius 2 is 2.00 bits per heavy atom. The maximum absolute atomic E-state index is 10.7. The summed E-state index contributed by atoms with van der Waals surface area (Å²) < 4.78 is 5.41. The van der Waals surface area contributed by atoms with E-state index in [0.29, 0.717) is 11.0 Å².